The summed E-state index contributed by atoms with van der Waals surface area (Å²) >= 11 is 6.20. The molecule has 0 radical (unpaired) electrons. The second kappa shape index (κ2) is 12.3. The van der Waals surface area contributed by atoms with Crippen LogP contribution >= 0.6 is 11.6 Å². The molecular weight excluding hydrogens is 474 g/mol. The molecule has 5 rings (SSSR count). The van der Waals surface area contributed by atoms with Gasteiger partial charge in [-0.05, 0) is 120 Å². The number of nitrogens with one attached hydrogen (secondary N) is 1. The van der Waals surface area contributed by atoms with Crippen molar-refractivity contribution in [1.82, 2.24) is 15.4 Å². The summed E-state index contributed by atoms with van der Waals surface area (Å²) in [6, 6.07) is 6.14. The SMILES string of the molecule is CO[C@H]1CC[C@H](CC(=O)N[C@H]2CC[C@H](CCN3CCC(c4noc5ccc(Cl)cc45)CC3)CC2)CC1. The minimum absolute atomic E-state index is 0.268. The van der Waals surface area contributed by atoms with Crippen molar-refractivity contribution in [1.29, 1.82) is 0 Å². The van der Waals surface area contributed by atoms with Gasteiger partial charge in [0.25, 0.3) is 0 Å². The van der Waals surface area contributed by atoms with E-state index in [9.17, 15) is 4.79 Å². The van der Waals surface area contributed by atoms with Crippen molar-refractivity contribution in [3.63, 3.8) is 0 Å². The van der Waals surface area contributed by atoms with Crippen LogP contribution in [0.5, 0.6) is 0 Å². The van der Waals surface area contributed by atoms with Gasteiger partial charge in [0.2, 0.25) is 5.91 Å². The van der Waals surface area contributed by atoms with Crippen LogP contribution in [0.15, 0.2) is 22.7 Å². The topological polar surface area (TPSA) is 67.6 Å². The summed E-state index contributed by atoms with van der Waals surface area (Å²) in [4.78, 5) is 15.2. The van der Waals surface area contributed by atoms with E-state index in [0.29, 0.717) is 30.4 Å². The molecule has 3 aliphatic rings. The maximum absolute atomic E-state index is 12.6. The number of piperidine rings is 1. The number of likely N-dealkylation sites (tertiary alicyclic amines) is 1. The first kappa shape index (κ1) is 26.0. The van der Waals surface area contributed by atoms with Gasteiger partial charge in [0.1, 0.15) is 0 Å². The van der Waals surface area contributed by atoms with Crippen LogP contribution in [0.1, 0.15) is 88.7 Å². The maximum Gasteiger partial charge on any atom is 0.220 e. The predicted molar refractivity (Wildman–Crippen MR) is 143 cm³/mol. The van der Waals surface area contributed by atoms with Crippen molar-refractivity contribution in [2.75, 3.05) is 26.7 Å². The van der Waals surface area contributed by atoms with Crippen molar-refractivity contribution in [3.8, 4) is 0 Å². The van der Waals surface area contributed by atoms with Crippen molar-refractivity contribution >= 4 is 28.5 Å². The van der Waals surface area contributed by atoms with Crippen molar-refractivity contribution in [2.24, 2.45) is 11.8 Å². The molecule has 198 valence electrons. The summed E-state index contributed by atoms with van der Waals surface area (Å²) in [5, 5.41) is 9.55. The monoisotopic (exact) mass is 515 g/mol. The lowest BCUT2D eigenvalue weighted by atomic mass is 9.83. The Morgan fingerprint density at radius 1 is 1.06 bits per heavy atom. The molecule has 2 aliphatic carbocycles. The largest absolute Gasteiger partial charge is 0.381 e. The smallest absolute Gasteiger partial charge is 0.220 e. The predicted octanol–water partition coefficient (Wildman–Crippen LogP) is 6.32. The summed E-state index contributed by atoms with van der Waals surface area (Å²) in [6.07, 6.45) is 13.8. The normalized spacial score (nSPS) is 28.4. The van der Waals surface area contributed by atoms with Gasteiger partial charge in [0, 0.05) is 35.9 Å². The van der Waals surface area contributed by atoms with Crippen LogP contribution in [0.2, 0.25) is 5.02 Å². The molecule has 1 saturated heterocycles. The van der Waals surface area contributed by atoms with Gasteiger partial charge in [-0.25, -0.2) is 0 Å². The summed E-state index contributed by atoms with van der Waals surface area (Å²) in [5.74, 6) is 2.05. The van der Waals surface area contributed by atoms with Gasteiger partial charge in [-0.2, -0.15) is 0 Å². The zero-order chi connectivity index (χ0) is 24.9. The van der Waals surface area contributed by atoms with Gasteiger partial charge in [-0.3, -0.25) is 4.79 Å². The molecule has 1 aromatic heterocycles. The molecule has 2 heterocycles. The highest BCUT2D eigenvalue weighted by molar-refractivity contribution is 6.31. The highest BCUT2D eigenvalue weighted by Crippen LogP contribution is 2.35. The molecule has 1 N–H and O–H groups in total. The molecular formula is C29H42ClN3O3. The van der Waals surface area contributed by atoms with Gasteiger partial charge in [-0.15, -0.1) is 0 Å². The molecule has 0 atom stereocenters. The number of benzene rings is 1. The third kappa shape index (κ3) is 6.62. The summed E-state index contributed by atoms with van der Waals surface area (Å²) < 4.78 is 11.0. The van der Waals surface area contributed by atoms with E-state index < -0.39 is 0 Å². The van der Waals surface area contributed by atoms with E-state index in [0.717, 1.165) is 92.1 Å². The number of amides is 1. The third-order valence-corrected chi connectivity index (χ3v) is 9.34. The standard InChI is InChI=1S/C29H42ClN3O3/c1-35-25-9-4-21(5-10-25)18-28(34)31-24-7-2-20(3-8-24)12-15-33-16-13-22(14-17-33)29-26-19-23(30)6-11-27(26)36-32-29/h6,11,19-22,24-25H,2-5,7-10,12-18H2,1H3,(H,31,34)/t20-,21-,24-,25-. The fourth-order valence-electron chi connectivity index (χ4n) is 6.74. The van der Waals surface area contributed by atoms with Crippen molar-refractivity contribution < 1.29 is 14.1 Å². The molecule has 1 aromatic carbocycles. The highest BCUT2D eigenvalue weighted by Gasteiger charge is 2.28. The van der Waals surface area contributed by atoms with E-state index in [-0.39, 0.29) is 5.91 Å². The van der Waals surface area contributed by atoms with Crippen LogP contribution in [0.3, 0.4) is 0 Å². The van der Waals surface area contributed by atoms with Gasteiger partial charge in [-0.1, -0.05) is 16.8 Å². The minimum Gasteiger partial charge on any atom is -0.381 e. The molecule has 6 nitrogen and oxygen atoms in total. The number of carbonyl (C=O) groups excluding carboxylic acids is 1. The Morgan fingerprint density at radius 2 is 1.78 bits per heavy atom. The molecule has 36 heavy (non-hydrogen) atoms. The summed E-state index contributed by atoms with van der Waals surface area (Å²) in [6.45, 7) is 3.43. The van der Waals surface area contributed by atoms with Crippen molar-refractivity contribution in [2.45, 2.75) is 95.1 Å². The number of aromatic nitrogens is 1. The van der Waals surface area contributed by atoms with Gasteiger partial charge in [0.05, 0.1) is 11.8 Å². The number of hydrogen-bond donors (Lipinski definition) is 1. The zero-order valence-electron chi connectivity index (χ0n) is 21.7. The van der Waals surface area contributed by atoms with Gasteiger partial charge >= 0.3 is 0 Å². The molecule has 0 unspecified atom stereocenters. The number of nitrogens with zero attached hydrogens (tertiary/aromatic N) is 2. The Labute approximate surface area is 220 Å². The fourth-order valence-corrected chi connectivity index (χ4v) is 6.91. The average molecular weight is 516 g/mol. The highest BCUT2D eigenvalue weighted by atomic mass is 35.5. The molecule has 2 saturated carbocycles. The summed E-state index contributed by atoms with van der Waals surface area (Å²) in [7, 11) is 1.80. The van der Waals surface area contributed by atoms with Crippen LogP contribution < -0.4 is 5.32 Å². The Balaban J connectivity index is 0.976. The zero-order valence-corrected chi connectivity index (χ0v) is 22.5. The average Bonchev–Trinajstić information content (AvgIpc) is 3.32. The Hall–Kier alpha value is -1.63. The van der Waals surface area contributed by atoms with Gasteiger partial charge in [0.15, 0.2) is 5.58 Å². The van der Waals surface area contributed by atoms with Crippen LogP contribution in [0.25, 0.3) is 11.0 Å². The molecule has 0 bridgehead atoms. The number of ether oxygens (including phenoxy) is 1. The van der Waals surface area contributed by atoms with Crippen LogP contribution in [-0.2, 0) is 9.53 Å². The van der Waals surface area contributed by atoms with E-state index in [4.69, 9.17) is 20.9 Å². The number of methoxy groups -OCH3 is 1. The first-order chi connectivity index (χ1) is 17.6. The quantitative estimate of drug-likeness (QED) is 0.445. The van der Waals surface area contributed by atoms with E-state index in [2.05, 4.69) is 15.4 Å². The van der Waals surface area contributed by atoms with Crippen LogP contribution in [-0.4, -0.2) is 54.9 Å². The third-order valence-electron chi connectivity index (χ3n) is 9.10. The fraction of sp³-hybridized carbons (Fsp3) is 0.724. The molecule has 0 spiro atoms. The van der Waals surface area contributed by atoms with Crippen LogP contribution in [0, 0.1) is 11.8 Å². The first-order valence-corrected chi connectivity index (χ1v) is 14.5. The number of fused-ring (bicyclic) bond motifs is 1. The second-order valence-corrected chi connectivity index (χ2v) is 11.9. The van der Waals surface area contributed by atoms with Crippen LogP contribution in [0.4, 0.5) is 0 Å². The maximum atomic E-state index is 12.6. The molecule has 7 heteroatoms. The number of halogens is 1. The Kier molecular flexibility index (Phi) is 8.86. The number of carbonyl (C=O) groups is 1. The van der Waals surface area contributed by atoms with E-state index in [1.807, 2.05) is 18.2 Å². The molecule has 1 amide bonds. The molecule has 3 fully saturated rings. The number of rotatable bonds is 8. The summed E-state index contributed by atoms with van der Waals surface area (Å²) in [5.41, 5.74) is 1.91. The second-order valence-electron chi connectivity index (χ2n) is 11.5. The molecule has 1 aliphatic heterocycles. The Bertz CT molecular complexity index is 987. The minimum atomic E-state index is 0.268. The Morgan fingerprint density at radius 3 is 2.50 bits per heavy atom. The lowest BCUT2D eigenvalue weighted by molar-refractivity contribution is -0.123. The number of hydrogen-bond acceptors (Lipinski definition) is 5. The van der Waals surface area contributed by atoms with Gasteiger partial charge < -0.3 is 19.5 Å². The van der Waals surface area contributed by atoms with E-state index >= 15 is 0 Å². The van der Waals surface area contributed by atoms with E-state index in [1.165, 1.54) is 25.8 Å². The molecule has 2 aromatic rings. The lowest BCUT2D eigenvalue weighted by Gasteiger charge is -2.34. The lowest BCUT2D eigenvalue weighted by Crippen LogP contribution is -2.39. The first-order valence-electron chi connectivity index (χ1n) is 14.2. The van der Waals surface area contributed by atoms with Crippen molar-refractivity contribution in [3.05, 3.63) is 28.9 Å². The van der Waals surface area contributed by atoms with E-state index in [1.54, 1.807) is 7.11 Å².